The number of hydrogen-bond acceptors (Lipinski definition) is 3. The molecule has 0 unspecified atom stereocenters. The Morgan fingerprint density at radius 1 is 1.32 bits per heavy atom. The molecule has 0 saturated heterocycles. The number of rotatable bonds is 6. The molecule has 1 atom stereocenters. The Kier molecular flexibility index (Phi) is 5.76. The maximum atomic E-state index is 12.7. The van der Waals surface area contributed by atoms with E-state index in [1.165, 1.54) is 0 Å². The molecule has 1 aliphatic rings. The van der Waals surface area contributed by atoms with Gasteiger partial charge in [-0.05, 0) is 51.2 Å². The van der Waals surface area contributed by atoms with Crippen molar-refractivity contribution in [2.45, 2.75) is 31.8 Å². The van der Waals surface area contributed by atoms with E-state index in [-0.39, 0.29) is 5.91 Å². The van der Waals surface area contributed by atoms with Crippen LogP contribution < -0.4 is 0 Å². The predicted octanol–water partition coefficient (Wildman–Crippen LogP) is 3.00. The minimum absolute atomic E-state index is 0.206. The molecule has 0 fully saturated rings. The van der Waals surface area contributed by atoms with Crippen molar-refractivity contribution in [3.8, 4) is 0 Å². The van der Waals surface area contributed by atoms with Gasteiger partial charge in [-0.3, -0.25) is 4.79 Å². The second-order valence-electron chi connectivity index (χ2n) is 6.94. The lowest BCUT2D eigenvalue weighted by molar-refractivity contribution is -0.133. The molecule has 1 aromatic carbocycles. The van der Waals surface area contributed by atoms with Gasteiger partial charge in [-0.1, -0.05) is 23.7 Å². The highest BCUT2D eigenvalue weighted by Gasteiger charge is 2.27. The molecule has 134 valence electrons. The van der Waals surface area contributed by atoms with E-state index in [1.54, 1.807) is 0 Å². The minimum atomic E-state index is 0.206. The fraction of sp³-hybridized carbons (Fsp3) is 0.474. The summed E-state index contributed by atoms with van der Waals surface area (Å²) in [6.07, 6.45) is 6.05. The largest absolute Gasteiger partial charge is 0.335 e. The highest BCUT2D eigenvalue weighted by atomic mass is 35.5. The molecule has 0 spiro atoms. The molecule has 0 aliphatic carbocycles. The number of hydrogen-bond donors (Lipinski definition) is 0. The molecule has 3 rings (SSSR count). The molecule has 0 saturated carbocycles. The van der Waals surface area contributed by atoms with E-state index in [4.69, 9.17) is 11.6 Å². The standard InChI is InChI=1S/C19H25ClN4O/c1-22(2)10-9-17-12-23(13-18-11-21-14-24(17)18)19(25)8-5-15-3-6-16(20)7-4-15/h3-4,6-7,11,14,17H,5,8-10,12-13H2,1-2H3/t17-/m0/s1. The zero-order valence-corrected chi connectivity index (χ0v) is 15.6. The van der Waals surface area contributed by atoms with Crippen molar-refractivity contribution in [2.75, 3.05) is 27.2 Å². The van der Waals surface area contributed by atoms with Crippen LogP contribution in [0, 0.1) is 0 Å². The monoisotopic (exact) mass is 360 g/mol. The maximum Gasteiger partial charge on any atom is 0.223 e. The first kappa shape index (κ1) is 18.0. The van der Waals surface area contributed by atoms with E-state index in [9.17, 15) is 4.79 Å². The number of benzene rings is 1. The first-order chi connectivity index (χ1) is 12.0. The molecule has 1 aromatic heterocycles. The van der Waals surface area contributed by atoms with Gasteiger partial charge in [-0.25, -0.2) is 4.98 Å². The van der Waals surface area contributed by atoms with Crippen LogP contribution >= 0.6 is 11.6 Å². The molecular weight excluding hydrogens is 336 g/mol. The minimum Gasteiger partial charge on any atom is -0.335 e. The number of nitrogens with zero attached hydrogens (tertiary/aromatic N) is 4. The van der Waals surface area contributed by atoms with Crippen LogP contribution in [0.3, 0.4) is 0 Å². The summed E-state index contributed by atoms with van der Waals surface area (Å²) in [5, 5.41) is 0.725. The van der Waals surface area contributed by atoms with Gasteiger partial charge in [0.1, 0.15) is 0 Å². The molecule has 0 bridgehead atoms. The summed E-state index contributed by atoms with van der Waals surface area (Å²) in [7, 11) is 4.15. The van der Waals surface area contributed by atoms with Crippen LogP contribution in [-0.2, 0) is 17.8 Å². The Hall–Kier alpha value is -1.85. The summed E-state index contributed by atoms with van der Waals surface area (Å²) < 4.78 is 2.23. The quantitative estimate of drug-likeness (QED) is 0.795. The zero-order valence-electron chi connectivity index (χ0n) is 14.9. The Morgan fingerprint density at radius 2 is 2.08 bits per heavy atom. The average Bonchev–Trinajstić information content (AvgIpc) is 3.07. The van der Waals surface area contributed by atoms with Crippen LogP contribution in [0.1, 0.15) is 30.1 Å². The van der Waals surface area contributed by atoms with Gasteiger partial charge in [0.25, 0.3) is 0 Å². The number of imidazole rings is 1. The second-order valence-corrected chi connectivity index (χ2v) is 7.38. The summed E-state index contributed by atoms with van der Waals surface area (Å²) in [4.78, 5) is 21.1. The Labute approximate surface area is 154 Å². The average molecular weight is 361 g/mol. The van der Waals surface area contributed by atoms with E-state index in [1.807, 2.05) is 41.7 Å². The summed E-state index contributed by atoms with van der Waals surface area (Å²) in [6.45, 7) is 2.41. The number of carbonyl (C=O) groups is 1. The number of carbonyl (C=O) groups excluding carboxylic acids is 1. The van der Waals surface area contributed by atoms with Crippen LogP contribution in [0.2, 0.25) is 5.02 Å². The van der Waals surface area contributed by atoms with Crippen LogP contribution in [0.5, 0.6) is 0 Å². The lowest BCUT2D eigenvalue weighted by Crippen LogP contribution is -2.41. The van der Waals surface area contributed by atoms with Crippen LogP contribution in [0.4, 0.5) is 0 Å². The lowest BCUT2D eigenvalue weighted by atomic mass is 10.1. The van der Waals surface area contributed by atoms with Gasteiger partial charge in [0, 0.05) is 24.2 Å². The zero-order chi connectivity index (χ0) is 17.8. The van der Waals surface area contributed by atoms with Gasteiger partial charge in [0.05, 0.1) is 24.6 Å². The highest BCUT2D eigenvalue weighted by Crippen LogP contribution is 2.24. The molecule has 0 radical (unpaired) electrons. The van der Waals surface area contributed by atoms with Crippen LogP contribution in [0.15, 0.2) is 36.8 Å². The van der Waals surface area contributed by atoms with Crippen molar-refractivity contribution in [1.82, 2.24) is 19.4 Å². The first-order valence-corrected chi connectivity index (χ1v) is 9.08. The molecular formula is C19H25ClN4O. The van der Waals surface area contributed by atoms with E-state index in [0.717, 1.165) is 42.2 Å². The van der Waals surface area contributed by atoms with Gasteiger partial charge in [0.2, 0.25) is 5.91 Å². The number of fused-ring (bicyclic) bond motifs is 1. The SMILES string of the molecule is CN(C)CC[C@H]1CN(C(=O)CCc2ccc(Cl)cc2)Cc2cncn21. The van der Waals surface area contributed by atoms with Crippen LogP contribution in [0.25, 0.3) is 0 Å². The van der Waals surface area contributed by atoms with E-state index in [0.29, 0.717) is 19.0 Å². The van der Waals surface area contributed by atoms with Crippen molar-refractivity contribution >= 4 is 17.5 Å². The third kappa shape index (κ3) is 4.61. The fourth-order valence-corrected chi connectivity index (χ4v) is 3.40. The first-order valence-electron chi connectivity index (χ1n) is 8.70. The van der Waals surface area contributed by atoms with Crippen LogP contribution in [-0.4, -0.2) is 52.4 Å². The topological polar surface area (TPSA) is 41.4 Å². The van der Waals surface area contributed by atoms with E-state index < -0.39 is 0 Å². The van der Waals surface area contributed by atoms with Crippen molar-refractivity contribution in [1.29, 1.82) is 0 Å². The number of aryl methyl sites for hydroxylation is 1. The number of halogens is 1. The molecule has 0 N–H and O–H groups in total. The molecule has 1 amide bonds. The molecule has 25 heavy (non-hydrogen) atoms. The summed E-state index contributed by atoms with van der Waals surface area (Å²) in [5.74, 6) is 0.206. The third-order valence-corrected chi connectivity index (χ3v) is 4.98. The molecule has 2 heterocycles. The smallest absolute Gasteiger partial charge is 0.223 e. The Balaban J connectivity index is 1.61. The second kappa shape index (κ2) is 8.02. The van der Waals surface area contributed by atoms with Gasteiger partial charge in [-0.15, -0.1) is 0 Å². The molecule has 1 aliphatic heterocycles. The Morgan fingerprint density at radius 3 is 2.80 bits per heavy atom. The van der Waals surface area contributed by atoms with E-state index >= 15 is 0 Å². The Bertz CT molecular complexity index is 710. The normalized spacial score (nSPS) is 17.0. The van der Waals surface area contributed by atoms with Gasteiger partial charge in [-0.2, -0.15) is 0 Å². The molecule has 5 nitrogen and oxygen atoms in total. The fourth-order valence-electron chi connectivity index (χ4n) is 3.27. The van der Waals surface area contributed by atoms with Crippen molar-refractivity contribution in [2.24, 2.45) is 0 Å². The molecule has 2 aromatic rings. The maximum absolute atomic E-state index is 12.7. The summed E-state index contributed by atoms with van der Waals surface area (Å²) >= 11 is 5.91. The van der Waals surface area contributed by atoms with Gasteiger partial charge >= 0.3 is 0 Å². The molecule has 6 heteroatoms. The van der Waals surface area contributed by atoms with Gasteiger partial charge < -0.3 is 14.4 Å². The summed E-state index contributed by atoms with van der Waals surface area (Å²) in [5.41, 5.74) is 2.26. The predicted molar refractivity (Wildman–Crippen MR) is 99.6 cm³/mol. The third-order valence-electron chi connectivity index (χ3n) is 4.73. The van der Waals surface area contributed by atoms with Crippen molar-refractivity contribution in [3.05, 3.63) is 53.1 Å². The van der Waals surface area contributed by atoms with Crippen molar-refractivity contribution < 1.29 is 4.79 Å². The number of aromatic nitrogens is 2. The lowest BCUT2D eigenvalue weighted by Gasteiger charge is -2.35. The van der Waals surface area contributed by atoms with Gasteiger partial charge in [0.15, 0.2) is 0 Å². The van der Waals surface area contributed by atoms with Crippen molar-refractivity contribution in [3.63, 3.8) is 0 Å². The highest BCUT2D eigenvalue weighted by molar-refractivity contribution is 6.30. The number of amides is 1. The summed E-state index contributed by atoms with van der Waals surface area (Å²) in [6, 6.07) is 8.02. The van der Waals surface area contributed by atoms with E-state index in [2.05, 4.69) is 28.5 Å².